The standard InChI is InChI=1S/C25H29N3O3/c1-17(24-18(2)23(19(3)29)22-10-7-13-26-28(22)24)21-11-14-27(15-12-21)25(30)31-16-20-8-5-4-6-9-20/h4-10,13,17,21H,11-12,14-16H2,1-3H3. The quantitative estimate of drug-likeness (QED) is 0.546. The van der Waals surface area contributed by atoms with E-state index in [1.54, 1.807) is 18.0 Å². The summed E-state index contributed by atoms with van der Waals surface area (Å²) in [5, 5.41) is 4.54. The van der Waals surface area contributed by atoms with Crippen molar-refractivity contribution >= 4 is 17.4 Å². The van der Waals surface area contributed by atoms with Gasteiger partial charge in [0, 0.05) is 36.5 Å². The molecule has 6 nitrogen and oxygen atoms in total. The second-order valence-electron chi connectivity index (χ2n) is 8.42. The van der Waals surface area contributed by atoms with Gasteiger partial charge < -0.3 is 9.64 Å². The molecule has 0 spiro atoms. The predicted octanol–water partition coefficient (Wildman–Crippen LogP) is 5.00. The zero-order valence-corrected chi connectivity index (χ0v) is 18.4. The molecule has 1 atom stereocenters. The molecule has 31 heavy (non-hydrogen) atoms. The lowest BCUT2D eigenvalue weighted by atomic mass is 9.82. The van der Waals surface area contributed by atoms with Crippen LogP contribution in [0.2, 0.25) is 0 Å². The molecule has 0 radical (unpaired) electrons. The number of hydrogen-bond acceptors (Lipinski definition) is 4. The van der Waals surface area contributed by atoms with Gasteiger partial charge in [0.05, 0.1) is 5.52 Å². The fraction of sp³-hybridized carbons (Fsp3) is 0.400. The number of benzene rings is 1. The molecule has 1 fully saturated rings. The third-order valence-electron chi connectivity index (χ3n) is 6.49. The molecule has 3 aromatic rings. The van der Waals surface area contributed by atoms with Crippen molar-refractivity contribution < 1.29 is 14.3 Å². The van der Waals surface area contributed by atoms with Crippen molar-refractivity contribution in [1.29, 1.82) is 0 Å². The monoisotopic (exact) mass is 419 g/mol. The van der Waals surface area contributed by atoms with Gasteiger partial charge in [-0.05, 0) is 55.9 Å². The van der Waals surface area contributed by atoms with E-state index >= 15 is 0 Å². The molecule has 0 bridgehead atoms. The fourth-order valence-electron chi connectivity index (χ4n) is 4.83. The van der Waals surface area contributed by atoms with E-state index in [-0.39, 0.29) is 17.8 Å². The zero-order chi connectivity index (χ0) is 22.0. The van der Waals surface area contributed by atoms with Gasteiger partial charge in [0.15, 0.2) is 5.78 Å². The van der Waals surface area contributed by atoms with Gasteiger partial charge in [-0.25, -0.2) is 9.31 Å². The van der Waals surface area contributed by atoms with Gasteiger partial charge in [-0.3, -0.25) is 4.79 Å². The Hall–Kier alpha value is -3.15. The topological polar surface area (TPSA) is 63.9 Å². The first-order valence-electron chi connectivity index (χ1n) is 10.9. The van der Waals surface area contributed by atoms with Crippen LogP contribution in [0.4, 0.5) is 4.79 Å². The number of rotatable bonds is 5. The van der Waals surface area contributed by atoms with Gasteiger partial charge in [0.2, 0.25) is 0 Å². The summed E-state index contributed by atoms with van der Waals surface area (Å²) in [6.45, 7) is 7.50. The Bertz CT molecular complexity index is 1080. The van der Waals surface area contributed by atoms with Gasteiger partial charge in [0.1, 0.15) is 6.61 Å². The SMILES string of the molecule is CC(=O)c1c(C)c(C(C)C2CCN(C(=O)OCc3ccccc3)CC2)n2ncccc12. The maximum atomic E-state index is 12.5. The molecule has 162 valence electrons. The largest absolute Gasteiger partial charge is 0.445 e. The molecule has 1 unspecified atom stereocenters. The van der Waals surface area contributed by atoms with E-state index in [0.29, 0.717) is 25.6 Å². The molecule has 2 aromatic heterocycles. The van der Waals surface area contributed by atoms with Crippen molar-refractivity contribution in [3.63, 3.8) is 0 Å². The van der Waals surface area contributed by atoms with Gasteiger partial charge in [0.25, 0.3) is 0 Å². The molecule has 1 aromatic carbocycles. The Labute approximate surface area is 182 Å². The lowest BCUT2D eigenvalue weighted by molar-refractivity contribution is 0.0799. The van der Waals surface area contributed by atoms with Gasteiger partial charge in [-0.2, -0.15) is 5.10 Å². The molecule has 0 N–H and O–H groups in total. The first-order valence-corrected chi connectivity index (χ1v) is 10.9. The number of aromatic nitrogens is 2. The highest BCUT2D eigenvalue weighted by Crippen LogP contribution is 2.37. The van der Waals surface area contributed by atoms with E-state index in [9.17, 15) is 9.59 Å². The minimum Gasteiger partial charge on any atom is -0.445 e. The first-order chi connectivity index (χ1) is 15.0. The van der Waals surface area contributed by atoms with E-state index in [1.807, 2.05) is 53.9 Å². The molecule has 1 saturated heterocycles. The van der Waals surface area contributed by atoms with Crippen molar-refractivity contribution in [2.45, 2.75) is 46.1 Å². The summed E-state index contributed by atoms with van der Waals surface area (Å²) in [6.07, 6.45) is 3.31. The maximum absolute atomic E-state index is 12.5. The van der Waals surface area contributed by atoms with E-state index in [1.165, 1.54) is 0 Å². The van der Waals surface area contributed by atoms with Crippen LogP contribution in [0.15, 0.2) is 48.7 Å². The summed E-state index contributed by atoms with van der Waals surface area (Å²) in [7, 11) is 0. The molecule has 1 amide bonds. The molecule has 0 saturated carbocycles. The summed E-state index contributed by atoms with van der Waals surface area (Å²) in [4.78, 5) is 26.6. The zero-order valence-electron chi connectivity index (χ0n) is 18.4. The Morgan fingerprint density at radius 1 is 1.13 bits per heavy atom. The van der Waals surface area contributed by atoms with Crippen LogP contribution in [-0.2, 0) is 11.3 Å². The van der Waals surface area contributed by atoms with Crippen LogP contribution in [-0.4, -0.2) is 39.5 Å². The van der Waals surface area contributed by atoms with Crippen LogP contribution in [0.3, 0.4) is 0 Å². The molecule has 1 aliphatic rings. The second-order valence-corrected chi connectivity index (χ2v) is 8.42. The number of likely N-dealkylation sites (tertiary alicyclic amines) is 1. The maximum Gasteiger partial charge on any atom is 0.410 e. The van der Waals surface area contributed by atoms with Crippen molar-refractivity contribution in [3.05, 3.63) is 71.0 Å². The number of fused-ring (bicyclic) bond motifs is 1. The number of carbonyl (C=O) groups excluding carboxylic acids is 2. The Kier molecular flexibility index (Phi) is 6.07. The normalized spacial score (nSPS) is 15.8. The van der Waals surface area contributed by atoms with Crippen molar-refractivity contribution in [1.82, 2.24) is 14.5 Å². The van der Waals surface area contributed by atoms with E-state index in [2.05, 4.69) is 12.0 Å². The third-order valence-corrected chi connectivity index (χ3v) is 6.49. The van der Waals surface area contributed by atoms with Crippen molar-refractivity contribution in [3.8, 4) is 0 Å². The number of nitrogens with zero attached hydrogens (tertiary/aromatic N) is 3. The van der Waals surface area contributed by atoms with Crippen LogP contribution in [0, 0.1) is 12.8 Å². The number of ketones is 1. The highest BCUT2D eigenvalue weighted by Gasteiger charge is 2.31. The number of piperidine rings is 1. The van der Waals surface area contributed by atoms with Crippen molar-refractivity contribution in [2.75, 3.05) is 13.1 Å². The average Bonchev–Trinajstić information content (AvgIpc) is 3.09. The highest BCUT2D eigenvalue weighted by molar-refractivity contribution is 6.03. The number of Topliss-reactive ketones (excluding diaryl/α,β-unsaturated/α-hetero) is 1. The lowest BCUT2D eigenvalue weighted by Gasteiger charge is -2.34. The summed E-state index contributed by atoms with van der Waals surface area (Å²) in [6, 6.07) is 13.6. The smallest absolute Gasteiger partial charge is 0.410 e. The van der Waals surface area contributed by atoms with Crippen LogP contribution >= 0.6 is 0 Å². The highest BCUT2D eigenvalue weighted by atomic mass is 16.6. The van der Waals surface area contributed by atoms with Crippen LogP contribution < -0.4 is 0 Å². The predicted molar refractivity (Wildman–Crippen MR) is 119 cm³/mol. The minimum atomic E-state index is -0.250. The first kappa shape index (κ1) is 21.1. The molecule has 6 heteroatoms. The van der Waals surface area contributed by atoms with E-state index in [0.717, 1.165) is 40.7 Å². The Morgan fingerprint density at radius 3 is 2.52 bits per heavy atom. The Balaban J connectivity index is 1.43. The van der Waals surface area contributed by atoms with Gasteiger partial charge in [-0.15, -0.1) is 0 Å². The summed E-state index contributed by atoms with van der Waals surface area (Å²) >= 11 is 0. The second kappa shape index (κ2) is 8.92. The fourth-order valence-corrected chi connectivity index (χ4v) is 4.83. The summed E-state index contributed by atoms with van der Waals surface area (Å²) in [5.74, 6) is 0.715. The van der Waals surface area contributed by atoms with Gasteiger partial charge >= 0.3 is 6.09 Å². The average molecular weight is 420 g/mol. The number of ether oxygens (including phenoxy) is 1. The molecule has 0 aliphatic carbocycles. The summed E-state index contributed by atoms with van der Waals surface area (Å²) in [5.41, 5.74) is 4.74. The van der Waals surface area contributed by atoms with Crippen LogP contribution in [0.1, 0.15) is 59.8 Å². The molecule has 1 aliphatic heterocycles. The lowest BCUT2D eigenvalue weighted by Crippen LogP contribution is -2.40. The Morgan fingerprint density at radius 2 is 1.84 bits per heavy atom. The van der Waals surface area contributed by atoms with Crippen molar-refractivity contribution in [2.24, 2.45) is 5.92 Å². The third kappa shape index (κ3) is 4.20. The molecule has 3 heterocycles. The van der Waals surface area contributed by atoms with Crippen LogP contribution in [0.5, 0.6) is 0 Å². The molecule has 4 rings (SSSR count). The number of amides is 1. The van der Waals surface area contributed by atoms with Crippen LogP contribution in [0.25, 0.3) is 5.52 Å². The van der Waals surface area contributed by atoms with Gasteiger partial charge in [-0.1, -0.05) is 37.3 Å². The number of hydrogen-bond donors (Lipinski definition) is 0. The summed E-state index contributed by atoms with van der Waals surface area (Å²) < 4.78 is 7.42. The van der Waals surface area contributed by atoms with E-state index in [4.69, 9.17) is 4.74 Å². The molecular weight excluding hydrogens is 390 g/mol. The minimum absolute atomic E-state index is 0.0671. The van der Waals surface area contributed by atoms with E-state index < -0.39 is 0 Å². The number of carbonyl (C=O) groups is 2. The molecular formula is C25H29N3O3.